The zero-order chi connectivity index (χ0) is 20.0. The van der Waals surface area contributed by atoms with Gasteiger partial charge >= 0.3 is 0 Å². The normalized spacial score (nSPS) is 13.6. The largest absolute Gasteiger partial charge is 0.497 e. The molecule has 3 N–H and O–H groups in total. The zero-order valence-corrected chi connectivity index (χ0v) is 15.8. The Morgan fingerprint density at radius 1 is 1.14 bits per heavy atom. The van der Waals surface area contributed by atoms with Gasteiger partial charge < -0.3 is 15.8 Å². The van der Waals surface area contributed by atoms with Gasteiger partial charge in [0.15, 0.2) is 5.65 Å². The highest BCUT2D eigenvalue weighted by Gasteiger charge is 2.24. The van der Waals surface area contributed by atoms with Crippen molar-refractivity contribution in [3.05, 3.63) is 54.3 Å². The summed E-state index contributed by atoms with van der Waals surface area (Å²) in [6.07, 6.45) is 2.16. The molecule has 29 heavy (non-hydrogen) atoms. The Kier molecular flexibility index (Phi) is 4.04. The molecule has 2 aromatic carbocycles. The van der Waals surface area contributed by atoms with Crippen LogP contribution in [0.2, 0.25) is 0 Å². The van der Waals surface area contributed by atoms with Gasteiger partial charge in [0.05, 0.1) is 23.9 Å². The molecule has 1 fully saturated rings. The molecular weight excluding hydrogens is 371 g/mol. The number of ether oxygens (including phenoxy) is 1. The molecule has 0 atom stereocenters. The van der Waals surface area contributed by atoms with E-state index in [2.05, 4.69) is 20.4 Å². The summed E-state index contributed by atoms with van der Waals surface area (Å²) in [7, 11) is 1.61. The number of benzene rings is 2. The second-order valence-electron chi connectivity index (χ2n) is 7.02. The molecule has 1 aliphatic rings. The van der Waals surface area contributed by atoms with Gasteiger partial charge in [-0.2, -0.15) is 4.98 Å². The predicted molar refractivity (Wildman–Crippen MR) is 110 cm³/mol. The number of halogens is 1. The third-order valence-corrected chi connectivity index (χ3v) is 4.89. The number of hydrogen-bond acceptors (Lipinski definition) is 6. The molecule has 1 aliphatic carbocycles. The molecule has 7 nitrogen and oxygen atoms in total. The van der Waals surface area contributed by atoms with Crippen molar-refractivity contribution in [2.24, 2.45) is 0 Å². The van der Waals surface area contributed by atoms with Crippen LogP contribution in [0.3, 0.4) is 0 Å². The molecule has 8 heteroatoms. The Morgan fingerprint density at radius 3 is 2.62 bits per heavy atom. The number of fused-ring (bicyclic) bond motifs is 1. The van der Waals surface area contributed by atoms with E-state index in [1.54, 1.807) is 23.9 Å². The van der Waals surface area contributed by atoms with E-state index >= 15 is 0 Å². The molecule has 2 heterocycles. The Hall–Kier alpha value is -3.68. The number of rotatable bonds is 5. The molecule has 0 amide bonds. The summed E-state index contributed by atoms with van der Waals surface area (Å²) in [5.41, 5.74) is 8.85. The standard InChI is InChI=1S/C21H19FN6O/c1-29-16-9-7-15(8-10-16)28-19(23)17-18(12-3-2-4-13(22)11-12)25-21(24-14-5-6-14)26-20(17)27-28/h2-4,7-11,14H,5-6,23H2,1H3,(H,24,26,27). The number of nitrogens with two attached hydrogens (primary N) is 1. The van der Waals surface area contributed by atoms with Crippen LogP contribution in [0.1, 0.15) is 12.8 Å². The molecule has 1 saturated carbocycles. The van der Waals surface area contributed by atoms with Crippen LogP contribution in [0.25, 0.3) is 28.0 Å². The summed E-state index contributed by atoms with van der Waals surface area (Å²) in [6.45, 7) is 0. The summed E-state index contributed by atoms with van der Waals surface area (Å²) in [5.74, 6) is 1.26. The van der Waals surface area contributed by atoms with Gasteiger partial charge in [0, 0.05) is 11.6 Å². The highest BCUT2D eigenvalue weighted by molar-refractivity contribution is 5.99. The van der Waals surface area contributed by atoms with E-state index in [4.69, 9.17) is 10.5 Å². The molecular formula is C21H19FN6O. The maximum absolute atomic E-state index is 13.9. The average Bonchev–Trinajstić information content (AvgIpc) is 3.49. The zero-order valence-electron chi connectivity index (χ0n) is 15.8. The second kappa shape index (κ2) is 6.73. The van der Waals surface area contributed by atoms with Gasteiger partial charge in [0.1, 0.15) is 17.4 Å². The summed E-state index contributed by atoms with van der Waals surface area (Å²) in [6, 6.07) is 14.0. The van der Waals surface area contributed by atoms with E-state index in [1.807, 2.05) is 24.3 Å². The Labute approximate surface area is 166 Å². The molecule has 0 aliphatic heterocycles. The highest BCUT2D eigenvalue weighted by Crippen LogP contribution is 2.34. The lowest BCUT2D eigenvalue weighted by Gasteiger charge is -2.08. The molecule has 0 saturated heterocycles. The number of nitrogens with zero attached hydrogens (tertiary/aromatic N) is 4. The SMILES string of the molecule is COc1ccc(-n2nc3nc(NC4CC4)nc(-c4cccc(F)c4)c3c2N)cc1. The lowest BCUT2D eigenvalue weighted by atomic mass is 10.1. The molecule has 4 aromatic rings. The minimum atomic E-state index is -0.341. The summed E-state index contributed by atoms with van der Waals surface area (Å²) < 4.78 is 20.7. The van der Waals surface area contributed by atoms with Crippen LogP contribution < -0.4 is 15.8 Å². The molecule has 5 rings (SSSR count). The first-order chi connectivity index (χ1) is 14.1. The number of nitrogens with one attached hydrogen (secondary N) is 1. The maximum Gasteiger partial charge on any atom is 0.225 e. The van der Waals surface area contributed by atoms with Crippen LogP contribution in [0.4, 0.5) is 16.2 Å². The molecule has 0 bridgehead atoms. The molecule has 0 unspecified atom stereocenters. The molecule has 0 spiro atoms. The van der Waals surface area contributed by atoms with Crippen LogP contribution >= 0.6 is 0 Å². The first-order valence-corrected chi connectivity index (χ1v) is 9.35. The van der Waals surface area contributed by atoms with Gasteiger partial charge in [0.2, 0.25) is 5.95 Å². The number of aromatic nitrogens is 4. The van der Waals surface area contributed by atoms with Crippen LogP contribution in [0, 0.1) is 5.82 Å². The Balaban J connectivity index is 1.71. The van der Waals surface area contributed by atoms with E-state index in [-0.39, 0.29) is 5.82 Å². The van der Waals surface area contributed by atoms with Crippen molar-refractivity contribution in [3.63, 3.8) is 0 Å². The van der Waals surface area contributed by atoms with E-state index in [0.717, 1.165) is 24.3 Å². The minimum Gasteiger partial charge on any atom is -0.497 e. The summed E-state index contributed by atoms with van der Waals surface area (Å²) in [4.78, 5) is 9.20. The predicted octanol–water partition coefficient (Wildman–Crippen LogP) is 3.79. The van der Waals surface area contributed by atoms with Gasteiger partial charge in [-0.15, -0.1) is 5.10 Å². The van der Waals surface area contributed by atoms with Gasteiger partial charge in [-0.1, -0.05) is 12.1 Å². The van der Waals surface area contributed by atoms with Crippen molar-refractivity contribution in [2.45, 2.75) is 18.9 Å². The fraction of sp³-hybridized carbons (Fsp3) is 0.190. The number of nitrogen functional groups attached to an aromatic ring is 1. The van der Waals surface area contributed by atoms with Crippen LogP contribution in [-0.2, 0) is 0 Å². The van der Waals surface area contributed by atoms with Crippen LogP contribution in [-0.4, -0.2) is 32.9 Å². The first kappa shape index (κ1) is 17.4. The summed E-state index contributed by atoms with van der Waals surface area (Å²) >= 11 is 0. The molecule has 2 aromatic heterocycles. The van der Waals surface area contributed by atoms with Crippen molar-refractivity contribution in [2.75, 3.05) is 18.2 Å². The lowest BCUT2D eigenvalue weighted by molar-refractivity contribution is 0.414. The first-order valence-electron chi connectivity index (χ1n) is 9.35. The van der Waals surface area contributed by atoms with Crippen molar-refractivity contribution < 1.29 is 9.13 Å². The number of anilines is 2. The third kappa shape index (κ3) is 3.22. The fourth-order valence-electron chi connectivity index (χ4n) is 3.25. The Morgan fingerprint density at radius 2 is 1.93 bits per heavy atom. The minimum absolute atomic E-state index is 0.341. The number of methoxy groups -OCH3 is 1. The van der Waals surface area contributed by atoms with Crippen molar-refractivity contribution >= 4 is 22.8 Å². The van der Waals surface area contributed by atoms with E-state index in [9.17, 15) is 4.39 Å². The quantitative estimate of drug-likeness (QED) is 0.539. The lowest BCUT2D eigenvalue weighted by Crippen LogP contribution is -2.06. The highest BCUT2D eigenvalue weighted by atomic mass is 19.1. The smallest absolute Gasteiger partial charge is 0.225 e. The topological polar surface area (TPSA) is 90.9 Å². The average molecular weight is 390 g/mol. The van der Waals surface area contributed by atoms with Crippen molar-refractivity contribution in [1.82, 2.24) is 19.7 Å². The van der Waals surface area contributed by atoms with E-state index < -0.39 is 0 Å². The van der Waals surface area contributed by atoms with Gasteiger partial charge in [0.25, 0.3) is 0 Å². The summed E-state index contributed by atoms with van der Waals surface area (Å²) in [5, 5.41) is 8.49. The third-order valence-electron chi connectivity index (χ3n) is 4.89. The van der Waals surface area contributed by atoms with E-state index in [1.165, 1.54) is 12.1 Å². The van der Waals surface area contributed by atoms with Crippen LogP contribution in [0.15, 0.2) is 48.5 Å². The molecule has 146 valence electrons. The van der Waals surface area contributed by atoms with Gasteiger partial charge in [-0.3, -0.25) is 0 Å². The van der Waals surface area contributed by atoms with Crippen molar-refractivity contribution in [1.29, 1.82) is 0 Å². The van der Waals surface area contributed by atoms with E-state index in [0.29, 0.717) is 40.1 Å². The van der Waals surface area contributed by atoms with Gasteiger partial charge in [-0.05, 0) is 49.2 Å². The molecule has 0 radical (unpaired) electrons. The number of hydrogen-bond donors (Lipinski definition) is 2. The van der Waals surface area contributed by atoms with Crippen molar-refractivity contribution in [3.8, 4) is 22.7 Å². The maximum atomic E-state index is 13.9. The van der Waals surface area contributed by atoms with Gasteiger partial charge in [-0.25, -0.2) is 14.1 Å². The van der Waals surface area contributed by atoms with Crippen LogP contribution in [0.5, 0.6) is 5.75 Å². The monoisotopic (exact) mass is 390 g/mol. The Bertz CT molecular complexity index is 1200. The second-order valence-corrected chi connectivity index (χ2v) is 7.02. The fourth-order valence-corrected chi connectivity index (χ4v) is 3.25.